The van der Waals surface area contributed by atoms with Crippen molar-refractivity contribution in [3.05, 3.63) is 149 Å². The monoisotopic (exact) mass is 744 g/mol. The number of hydrogen-bond donors (Lipinski definition) is 0. The van der Waals surface area contributed by atoms with Gasteiger partial charge in [-0.1, -0.05) is 0 Å². The summed E-state index contributed by atoms with van der Waals surface area (Å²) in [6, 6.07) is 28.2. The Hall–Kier alpha value is -2.02. The Morgan fingerprint density at radius 1 is 0.674 bits per heavy atom. The van der Waals surface area contributed by atoms with Crippen LogP contribution in [0.4, 0.5) is 0 Å². The van der Waals surface area contributed by atoms with E-state index in [4.69, 9.17) is 11.6 Å². The van der Waals surface area contributed by atoms with Gasteiger partial charge in [0.05, 0.1) is 0 Å². The fourth-order valence-corrected chi connectivity index (χ4v) is 16.5. The van der Waals surface area contributed by atoms with Crippen molar-refractivity contribution < 1.29 is 46.1 Å². The molecule has 6 rings (SSSR count). The summed E-state index contributed by atoms with van der Waals surface area (Å²) < 4.78 is 3.62. The zero-order valence-corrected chi connectivity index (χ0v) is 33.3. The van der Waals surface area contributed by atoms with Crippen LogP contribution >= 0.6 is 11.6 Å². The summed E-state index contributed by atoms with van der Waals surface area (Å²) in [6.45, 7) is 21.0. The van der Waals surface area contributed by atoms with Crippen molar-refractivity contribution >= 4 is 14.8 Å². The smallest absolute Gasteiger partial charge is 1.00 e. The molecule has 0 radical (unpaired) electrons. The minimum Gasteiger partial charge on any atom is -1.00 e. The molecule has 2 aliphatic rings. The minimum atomic E-state index is -2.75. The zero-order valence-electron chi connectivity index (χ0n) is 28.6. The summed E-state index contributed by atoms with van der Waals surface area (Å²) in [6.07, 6.45) is 8.17. The van der Waals surface area contributed by atoms with Gasteiger partial charge >= 0.3 is 280 Å². The van der Waals surface area contributed by atoms with E-state index in [1.165, 1.54) is 61.2 Å². The maximum atomic E-state index is 6.47. The van der Waals surface area contributed by atoms with Crippen molar-refractivity contribution in [1.29, 1.82) is 0 Å². The Bertz CT molecular complexity index is 1740. The fourth-order valence-electron chi connectivity index (χ4n) is 7.45. The molecular weight excluding hydrogens is 702 g/mol. The molecule has 0 bridgehead atoms. The number of allylic oxidation sites excluding steroid dienone is 4. The quantitative estimate of drug-likeness (QED) is 0.253. The SMILES string of the molecule is Cc1ccc(/[C](c2ccc(Cl)cc2)=[Zr+2](/[C]2=CC=CC2)[CH]2c3cc(C)c(C(C)(C)C)cc3-c3cc(C(C)(C)C)c(C)cc32)cc1.[Cl-].[Cl-]. The summed E-state index contributed by atoms with van der Waals surface area (Å²) >= 11 is 3.72. The molecule has 0 fully saturated rings. The second-order valence-corrected chi connectivity index (χ2v) is 21.6. The van der Waals surface area contributed by atoms with Gasteiger partial charge in [-0.15, -0.1) is 0 Å². The second kappa shape index (κ2) is 13.8. The molecule has 0 unspecified atom stereocenters. The third-order valence-corrected chi connectivity index (χ3v) is 18.0. The molecule has 0 heterocycles. The largest absolute Gasteiger partial charge is 1.00 e. The number of rotatable bonds is 4. The van der Waals surface area contributed by atoms with E-state index >= 15 is 0 Å². The van der Waals surface area contributed by atoms with Gasteiger partial charge in [0.1, 0.15) is 0 Å². The van der Waals surface area contributed by atoms with Gasteiger partial charge in [-0.25, -0.2) is 0 Å². The molecule has 0 nitrogen and oxygen atoms in total. The Morgan fingerprint density at radius 3 is 1.54 bits per heavy atom. The van der Waals surface area contributed by atoms with Crippen molar-refractivity contribution in [2.24, 2.45) is 0 Å². The maximum Gasteiger partial charge on any atom is -1.00 e. The van der Waals surface area contributed by atoms with Crippen molar-refractivity contribution in [2.45, 2.75) is 83.2 Å². The molecule has 0 amide bonds. The van der Waals surface area contributed by atoms with Crippen LogP contribution in [0.2, 0.25) is 5.02 Å². The van der Waals surface area contributed by atoms with Crippen molar-refractivity contribution in [1.82, 2.24) is 0 Å². The molecule has 0 N–H and O–H groups in total. The van der Waals surface area contributed by atoms with Gasteiger partial charge in [-0.2, -0.15) is 0 Å². The number of benzene rings is 4. The van der Waals surface area contributed by atoms with Crippen LogP contribution < -0.4 is 24.8 Å². The second-order valence-electron chi connectivity index (χ2n) is 14.9. The molecule has 0 spiro atoms. The van der Waals surface area contributed by atoms with Gasteiger partial charge in [-0.05, 0) is 0 Å². The van der Waals surface area contributed by atoms with Crippen LogP contribution in [0.3, 0.4) is 0 Å². The zero-order chi connectivity index (χ0) is 31.6. The number of halogens is 3. The first-order valence-corrected chi connectivity index (χ1v) is 20.2. The number of aryl methyl sites for hydroxylation is 3. The van der Waals surface area contributed by atoms with Gasteiger partial charge in [0.15, 0.2) is 0 Å². The van der Waals surface area contributed by atoms with E-state index in [-0.39, 0.29) is 35.6 Å². The first-order valence-electron chi connectivity index (χ1n) is 16.0. The average molecular weight is 747 g/mol. The third-order valence-electron chi connectivity index (χ3n) is 9.47. The van der Waals surface area contributed by atoms with E-state index in [1.54, 1.807) is 6.49 Å². The molecule has 0 saturated carbocycles. The molecule has 0 aromatic heterocycles. The molecule has 0 aliphatic heterocycles. The maximum absolute atomic E-state index is 6.47. The Balaban J connectivity index is 0.00000240. The van der Waals surface area contributed by atoms with Gasteiger partial charge < -0.3 is 24.8 Å². The topological polar surface area (TPSA) is 0 Å². The van der Waals surface area contributed by atoms with Crippen LogP contribution in [-0.2, 0) is 32.1 Å². The van der Waals surface area contributed by atoms with E-state index in [0.29, 0.717) is 3.63 Å². The van der Waals surface area contributed by atoms with Crippen LogP contribution in [0.1, 0.15) is 102 Å². The van der Waals surface area contributed by atoms with E-state index in [1.807, 2.05) is 0 Å². The first kappa shape index (κ1) is 36.8. The standard InChI is InChI=1S/C23H29.C14H11Cl.C5H5.2ClH.Zr/c1-14-9-16-11-17-10-15(2)21(23(6,7)8)13-19(17)18(16)12-20(14)22(3,4)5;1-11-2-4-12(5-3-11)10-13-6-8-14(15)9-7-13;1-2-4-5-3-1;;;/h9-13H,1-8H3;2-9H,1H3;1-3H,4H2;2*1H;/q;;;;;+2/p-2. The van der Waals surface area contributed by atoms with Crippen LogP contribution in [-0.4, -0.2) is 3.21 Å². The predicted octanol–water partition coefficient (Wildman–Crippen LogP) is 5.67. The van der Waals surface area contributed by atoms with Crippen LogP contribution in [0, 0.1) is 20.8 Å². The van der Waals surface area contributed by atoms with Crippen molar-refractivity contribution in [3.8, 4) is 11.1 Å². The molecule has 0 saturated heterocycles. The number of hydrogen-bond acceptors (Lipinski definition) is 0. The van der Waals surface area contributed by atoms with E-state index in [2.05, 4.69) is 153 Å². The average Bonchev–Trinajstić information content (AvgIpc) is 3.57. The molecule has 2 aliphatic carbocycles. The Morgan fingerprint density at radius 2 is 1.13 bits per heavy atom. The summed E-state index contributed by atoms with van der Waals surface area (Å²) in [5.74, 6) is 0. The summed E-state index contributed by atoms with van der Waals surface area (Å²) in [5, 5.41) is 0.788. The van der Waals surface area contributed by atoms with Gasteiger partial charge in [-0.3, -0.25) is 0 Å². The van der Waals surface area contributed by atoms with Gasteiger partial charge in [0.2, 0.25) is 0 Å². The summed E-state index contributed by atoms with van der Waals surface area (Å²) in [4.78, 5) is 0. The van der Waals surface area contributed by atoms with Gasteiger partial charge in [0, 0.05) is 0 Å². The molecule has 0 atom stereocenters. The number of fused-ring (bicyclic) bond motifs is 3. The van der Waals surface area contributed by atoms with Crippen LogP contribution in [0.25, 0.3) is 11.1 Å². The van der Waals surface area contributed by atoms with Gasteiger partial charge in [0.25, 0.3) is 0 Å². The minimum absolute atomic E-state index is 0. The van der Waals surface area contributed by atoms with Crippen LogP contribution in [0.15, 0.2) is 94.3 Å². The fraction of sp³-hybridized carbons (Fsp3) is 0.310. The molecular formula is C42H45Cl3Zr. The van der Waals surface area contributed by atoms with Crippen molar-refractivity contribution in [2.75, 3.05) is 0 Å². The first-order chi connectivity index (χ1) is 20.7. The molecule has 238 valence electrons. The molecule has 4 heteroatoms. The molecule has 4 aromatic carbocycles. The summed E-state index contributed by atoms with van der Waals surface area (Å²) in [7, 11) is 0. The van der Waals surface area contributed by atoms with Crippen LogP contribution in [0.5, 0.6) is 0 Å². The third kappa shape index (κ3) is 6.91. The van der Waals surface area contributed by atoms with Crippen molar-refractivity contribution in [3.63, 3.8) is 0 Å². The van der Waals surface area contributed by atoms with E-state index in [9.17, 15) is 0 Å². The summed E-state index contributed by atoms with van der Waals surface area (Å²) in [5.41, 5.74) is 15.8. The normalized spacial score (nSPS) is 14.2. The Kier molecular flexibility index (Phi) is 11.1. The molecule has 46 heavy (non-hydrogen) atoms. The predicted molar refractivity (Wildman–Crippen MR) is 188 cm³/mol. The molecule has 4 aromatic rings. The Labute approximate surface area is 302 Å². The van der Waals surface area contributed by atoms with E-state index in [0.717, 1.165) is 11.4 Å². The van der Waals surface area contributed by atoms with E-state index < -0.39 is 21.3 Å².